The van der Waals surface area contributed by atoms with Crippen LogP contribution in [-0.4, -0.2) is 24.2 Å². The van der Waals surface area contributed by atoms with Crippen molar-refractivity contribution < 1.29 is 4.74 Å². The first-order valence-corrected chi connectivity index (χ1v) is 7.54. The molecule has 0 aliphatic carbocycles. The Bertz CT molecular complexity index is 551. The minimum absolute atomic E-state index is 0.0764. The van der Waals surface area contributed by atoms with Gasteiger partial charge in [-0.3, -0.25) is 4.90 Å². The molecule has 3 heteroatoms. The van der Waals surface area contributed by atoms with Gasteiger partial charge >= 0.3 is 0 Å². The standard InChI is InChI=1S/C16H20BrNO/c1-4-18(5-2)12(3)19-15-11-10-13-8-6-7-9-14(13)16(15)17/h6-12H,4-5H2,1-3H3. The van der Waals surface area contributed by atoms with Gasteiger partial charge in [0.05, 0.1) is 4.47 Å². The highest BCUT2D eigenvalue weighted by Crippen LogP contribution is 2.33. The van der Waals surface area contributed by atoms with Crippen molar-refractivity contribution in [1.82, 2.24) is 4.90 Å². The monoisotopic (exact) mass is 321 g/mol. The average Bonchev–Trinajstić information content (AvgIpc) is 2.43. The summed E-state index contributed by atoms with van der Waals surface area (Å²) in [5, 5.41) is 2.41. The predicted octanol–water partition coefficient (Wildman–Crippen LogP) is 4.67. The fraction of sp³-hybridized carbons (Fsp3) is 0.375. The van der Waals surface area contributed by atoms with Crippen LogP contribution in [0, 0.1) is 0 Å². The zero-order chi connectivity index (χ0) is 13.8. The largest absolute Gasteiger partial charge is 0.474 e. The lowest BCUT2D eigenvalue weighted by atomic mass is 10.1. The van der Waals surface area contributed by atoms with Gasteiger partial charge in [-0.2, -0.15) is 0 Å². The van der Waals surface area contributed by atoms with Crippen LogP contribution in [0.3, 0.4) is 0 Å². The Morgan fingerprint density at radius 1 is 1.11 bits per heavy atom. The molecular weight excluding hydrogens is 302 g/mol. The van der Waals surface area contributed by atoms with Gasteiger partial charge in [-0.15, -0.1) is 0 Å². The van der Waals surface area contributed by atoms with Crippen LogP contribution in [0.2, 0.25) is 0 Å². The molecule has 2 nitrogen and oxygen atoms in total. The van der Waals surface area contributed by atoms with Crippen LogP contribution in [0.25, 0.3) is 10.8 Å². The summed E-state index contributed by atoms with van der Waals surface area (Å²) in [6.07, 6.45) is 0.0764. The third-order valence-corrected chi connectivity index (χ3v) is 4.27. The lowest BCUT2D eigenvalue weighted by Crippen LogP contribution is -2.36. The summed E-state index contributed by atoms with van der Waals surface area (Å²) >= 11 is 3.66. The molecule has 1 atom stereocenters. The van der Waals surface area contributed by atoms with Crippen molar-refractivity contribution in [3.63, 3.8) is 0 Å². The van der Waals surface area contributed by atoms with Crippen LogP contribution in [0.1, 0.15) is 20.8 Å². The van der Waals surface area contributed by atoms with Crippen LogP contribution in [-0.2, 0) is 0 Å². The highest BCUT2D eigenvalue weighted by atomic mass is 79.9. The van der Waals surface area contributed by atoms with E-state index in [1.165, 1.54) is 10.8 Å². The van der Waals surface area contributed by atoms with E-state index in [1.807, 2.05) is 18.2 Å². The quantitative estimate of drug-likeness (QED) is 0.742. The lowest BCUT2D eigenvalue weighted by Gasteiger charge is -2.27. The first-order valence-electron chi connectivity index (χ1n) is 6.75. The Morgan fingerprint density at radius 2 is 1.79 bits per heavy atom. The third-order valence-electron chi connectivity index (χ3n) is 3.45. The van der Waals surface area contributed by atoms with E-state index in [2.05, 4.69) is 59.8 Å². The van der Waals surface area contributed by atoms with E-state index >= 15 is 0 Å². The van der Waals surface area contributed by atoms with Gasteiger partial charge in [0.25, 0.3) is 0 Å². The number of rotatable bonds is 5. The van der Waals surface area contributed by atoms with Gasteiger partial charge in [-0.05, 0) is 52.8 Å². The Morgan fingerprint density at radius 3 is 2.47 bits per heavy atom. The maximum Gasteiger partial charge on any atom is 0.149 e. The molecule has 2 rings (SSSR count). The molecule has 0 heterocycles. The normalized spacial score (nSPS) is 12.9. The minimum atomic E-state index is 0.0764. The van der Waals surface area contributed by atoms with E-state index in [1.54, 1.807) is 0 Å². The second kappa shape index (κ2) is 6.40. The zero-order valence-corrected chi connectivity index (χ0v) is 13.3. The Hall–Kier alpha value is -1.06. The SMILES string of the molecule is CCN(CC)C(C)Oc1ccc2ccccc2c1Br. The topological polar surface area (TPSA) is 12.5 Å². The number of hydrogen-bond acceptors (Lipinski definition) is 2. The summed E-state index contributed by atoms with van der Waals surface area (Å²) in [5.74, 6) is 0.901. The average molecular weight is 322 g/mol. The molecule has 0 bridgehead atoms. The van der Waals surface area contributed by atoms with Crippen LogP contribution in [0.5, 0.6) is 5.75 Å². The Kier molecular flexibility index (Phi) is 4.83. The number of benzene rings is 2. The lowest BCUT2D eigenvalue weighted by molar-refractivity contribution is 0.0476. The van der Waals surface area contributed by atoms with E-state index in [4.69, 9.17) is 4.74 Å². The molecule has 0 aliphatic heterocycles. The Labute approximate surface area is 123 Å². The van der Waals surface area contributed by atoms with Gasteiger partial charge in [-0.1, -0.05) is 44.2 Å². The molecule has 0 radical (unpaired) electrons. The van der Waals surface area contributed by atoms with Crippen LogP contribution in [0.4, 0.5) is 0 Å². The molecule has 19 heavy (non-hydrogen) atoms. The van der Waals surface area contributed by atoms with Crippen molar-refractivity contribution in [3.8, 4) is 5.75 Å². The van der Waals surface area contributed by atoms with Gasteiger partial charge in [0.15, 0.2) is 0 Å². The number of ether oxygens (including phenoxy) is 1. The number of fused-ring (bicyclic) bond motifs is 1. The zero-order valence-electron chi connectivity index (χ0n) is 11.7. The smallest absolute Gasteiger partial charge is 0.149 e. The van der Waals surface area contributed by atoms with Gasteiger partial charge in [0, 0.05) is 0 Å². The summed E-state index contributed by atoms with van der Waals surface area (Å²) in [6.45, 7) is 8.37. The van der Waals surface area contributed by atoms with Crippen LogP contribution < -0.4 is 4.74 Å². The van der Waals surface area contributed by atoms with Crippen LogP contribution >= 0.6 is 15.9 Å². The second-order valence-corrected chi connectivity index (χ2v) is 5.33. The van der Waals surface area contributed by atoms with E-state index in [0.717, 1.165) is 23.3 Å². The fourth-order valence-electron chi connectivity index (χ4n) is 2.30. The number of hydrogen-bond donors (Lipinski definition) is 0. The maximum atomic E-state index is 6.08. The molecule has 0 saturated heterocycles. The molecule has 0 amide bonds. The van der Waals surface area contributed by atoms with Crippen LogP contribution in [0.15, 0.2) is 40.9 Å². The highest BCUT2D eigenvalue weighted by molar-refractivity contribution is 9.10. The maximum absolute atomic E-state index is 6.08. The summed E-state index contributed by atoms with van der Waals surface area (Å²) in [7, 11) is 0. The predicted molar refractivity (Wildman–Crippen MR) is 84.7 cm³/mol. The van der Waals surface area contributed by atoms with Gasteiger partial charge in [0.2, 0.25) is 0 Å². The molecule has 1 unspecified atom stereocenters. The molecule has 0 N–H and O–H groups in total. The summed E-state index contributed by atoms with van der Waals surface area (Å²) in [6, 6.07) is 12.4. The van der Waals surface area contributed by atoms with E-state index < -0.39 is 0 Å². The molecule has 0 aliphatic rings. The van der Waals surface area contributed by atoms with Crippen molar-refractivity contribution in [1.29, 1.82) is 0 Å². The molecule has 0 spiro atoms. The summed E-state index contributed by atoms with van der Waals surface area (Å²) < 4.78 is 7.11. The van der Waals surface area contributed by atoms with Crippen molar-refractivity contribution in [2.45, 2.75) is 27.0 Å². The third kappa shape index (κ3) is 3.10. The molecule has 0 fully saturated rings. The highest BCUT2D eigenvalue weighted by Gasteiger charge is 2.14. The van der Waals surface area contributed by atoms with Gasteiger partial charge in [0.1, 0.15) is 12.0 Å². The van der Waals surface area contributed by atoms with Crippen molar-refractivity contribution >= 4 is 26.7 Å². The molecule has 0 aromatic heterocycles. The molecule has 0 saturated carbocycles. The van der Waals surface area contributed by atoms with E-state index in [-0.39, 0.29) is 6.23 Å². The summed E-state index contributed by atoms with van der Waals surface area (Å²) in [4.78, 5) is 2.28. The molecular formula is C16H20BrNO. The van der Waals surface area contributed by atoms with Gasteiger partial charge < -0.3 is 4.74 Å². The number of halogens is 1. The molecule has 2 aromatic carbocycles. The van der Waals surface area contributed by atoms with Gasteiger partial charge in [-0.25, -0.2) is 0 Å². The first-order chi connectivity index (χ1) is 9.17. The summed E-state index contributed by atoms with van der Waals surface area (Å²) in [5.41, 5.74) is 0. The number of nitrogens with zero attached hydrogens (tertiary/aromatic N) is 1. The second-order valence-electron chi connectivity index (χ2n) is 4.54. The van der Waals surface area contributed by atoms with Crippen molar-refractivity contribution in [3.05, 3.63) is 40.9 Å². The van der Waals surface area contributed by atoms with Crippen molar-refractivity contribution in [2.24, 2.45) is 0 Å². The minimum Gasteiger partial charge on any atom is -0.474 e. The molecule has 102 valence electrons. The van der Waals surface area contributed by atoms with E-state index in [9.17, 15) is 0 Å². The first kappa shape index (κ1) is 14.4. The fourth-order valence-corrected chi connectivity index (χ4v) is 2.89. The van der Waals surface area contributed by atoms with Crippen molar-refractivity contribution in [2.75, 3.05) is 13.1 Å². The molecule has 2 aromatic rings. The Balaban J connectivity index is 2.28. The van der Waals surface area contributed by atoms with E-state index in [0.29, 0.717) is 0 Å².